The number of carbonyl (C=O) groups is 2. The predicted molar refractivity (Wildman–Crippen MR) is 75.5 cm³/mol. The first-order chi connectivity index (χ1) is 9.63. The van der Waals surface area contributed by atoms with Crippen LogP contribution in [0.2, 0.25) is 0 Å². The maximum absolute atomic E-state index is 12.0. The third-order valence-corrected chi connectivity index (χ3v) is 4.03. The summed E-state index contributed by atoms with van der Waals surface area (Å²) in [6.07, 6.45) is 0.562. The van der Waals surface area contributed by atoms with Gasteiger partial charge in [-0.25, -0.2) is 4.79 Å². The van der Waals surface area contributed by atoms with Gasteiger partial charge in [0.15, 0.2) is 0 Å². The van der Waals surface area contributed by atoms with Crippen molar-refractivity contribution in [2.24, 2.45) is 0 Å². The number of nitriles is 1. The molecule has 0 saturated carbocycles. The van der Waals surface area contributed by atoms with Gasteiger partial charge in [-0.05, 0) is 23.6 Å². The van der Waals surface area contributed by atoms with E-state index in [1.165, 1.54) is 11.8 Å². The molecule has 1 N–H and O–H groups in total. The number of hydrogen-bond acceptors (Lipinski definition) is 4. The highest BCUT2D eigenvalue weighted by molar-refractivity contribution is 8.00. The maximum atomic E-state index is 12.0. The number of fused-ring (bicyclic) bond motifs is 1. The molecule has 2 rings (SSSR count). The number of rotatable bonds is 4. The average molecular weight is 290 g/mol. The quantitative estimate of drug-likeness (QED) is 0.850. The zero-order chi connectivity index (χ0) is 14.5. The van der Waals surface area contributed by atoms with Crippen LogP contribution in [0.15, 0.2) is 18.2 Å². The first-order valence-electron chi connectivity index (χ1n) is 6.20. The zero-order valence-electron chi connectivity index (χ0n) is 10.8. The second-order valence-corrected chi connectivity index (χ2v) is 5.45. The van der Waals surface area contributed by atoms with E-state index >= 15 is 0 Å². The molecule has 0 saturated heterocycles. The normalized spacial score (nSPS) is 13.4. The van der Waals surface area contributed by atoms with E-state index in [0.29, 0.717) is 36.6 Å². The van der Waals surface area contributed by atoms with Gasteiger partial charge < -0.3 is 10.0 Å². The Balaban J connectivity index is 2.08. The summed E-state index contributed by atoms with van der Waals surface area (Å²) in [5.41, 5.74) is 2.05. The summed E-state index contributed by atoms with van der Waals surface area (Å²) in [4.78, 5) is 24.8. The average Bonchev–Trinajstić information content (AvgIpc) is 2.46. The van der Waals surface area contributed by atoms with Crippen LogP contribution in [0.1, 0.15) is 21.5 Å². The van der Waals surface area contributed by atoms with Crippen molar-refractivity contribution in [3.63, 3.8) is 0 Å². The summed E-state index contributed by atoms with van der Waals surface area (Å²) in [7, 11) is 0. The highest BCUT2D eigenvalue weighted by Gasteiger charge is 2.23. The number of benzene rings is 1. The molecule has 0 fully saturated rings. The fourth-order valence-corrected chi connectivity index (χ4v) is 2.85. The minimum Gasteiger partial charge on any atom is -0.478 e. The molecule has 1 heterocycles. The van der Waals surface area contributed by atoms with Gasteiger partial charge in [0.1, 0.15) is 0 Å². The molecule has 0 aliphatic carbocycles. The number of hydrogen-bond donors (Lipinski definition) is 1. The second kappa shape index (κ2) is 6.44. The molecule has 20 heavy (non-hydrogen) atoms. The van der Waals surface area contributed by atoms with Crippen molar-refractivity contribution < 1.29 is 14.7 Å². The lowest BCUT2D eigenvalue weighted by atomic mass is 9.94. The summed E-state index contributed by atoms with van der Waals surface area (Å²) in [5, 5.41) is 17.6. The molecular formula is C14H14N2O3S. The molecular weight excluding hydrogens is 276 g/mol. The van der Waals surface area contributed by atoms with Crippen LogP contribution in [0.4, 0.5) is 0 Å². The van der Waals surface area contributed by atoms with Crippen molar-refractivity contribution in [2.45, 2.75) is 13.0 Å². The van der Waals surface area contributed by atoms with Crippen molar-refractivity contribution in [1.29, 1.82) is 5.26 Å². The Morgan fingerprint density at radius 1 is 1.45 bits per heavy atom. The smallest absolute Gasteiger partial charge is 0.335 e. The summed E-state index contributed by atoms with van der Waals surface area (Å²) < 4.78 is 0. The van der Waals surface area contributed by atoms with Crippen LogP contribution in [-0.4, -0.2) is 39.9 Å². The van der Waals surface area contributed by atoms with Gasteiger partial charge >= 0.3 is 5.97 Å². The summed E-state index contributed by atoms with van der Waals surface area (Å²) in [6.45, 7) is 0.978. The fourth-order valence-electron chi connectivity index (χ4n) is 2.30. The van der Waals surface area contributed by atoms with Crippen molar-refractivity contribution >= 4 is 23.6 Å². The molecule has 104 valence electrons. The van der Waals surface area contributed by atoms with Gasteiger partial charge in [0.05, 0.1) is 23.1 Å². The topological polar surface area (TPSA) is 81.4 Å². The van der Waals surface area contributed by atoms with E-state index in [1.54, 1.807) is 17.0 Å². The van der Waals surface area contributed by atoms with Gasteiger partial charge in [-0.1, -0.05) is 12.1 Å². The lowest BCUT2D eigenvalue weighted by Crippen LogP contribution is -2.37. The minimum absolute atomic E-state index is 0.00312. The van der Waals surface area contributed by atoms with Crippen LogP contribution < -0.4 is 0 Å². The van der Waals surface area contributed by atoms with Crippen molar-refractivity contribution in [1.82, 2.24) is 4.90 Å². The molecule has 0 spiro atoms. The van der Waals surface area contributed by atoms with Crippen molar-refractivity contribution in [3.8, 4) is 6.07 Å². The van der Waals surface area contributed by atoms with E-state index in [1.807, 2.05) is 12.1 Å². The standard InChI is InChI=1S/C14H14N2O3S/c15-5-7-20-9-13(17)16-6-4-11-10(8-16)2-1-3-12(11)14(18)19/h1-3H,4,6-9H2,(H,18,19). The number of carboxylic acid groups (broad SMARTS) is 1. The molecule has 0 radical (unpaired) electrons. The third kappa shape index (κ3) is 3.11. The molecule has 0 bridgehead atoms. The Labute approximate surface area is 121 Å². The summed E-state index contributed by atoms with van der Waals surface area (Å²) in [6, 6.07) is 7.16. The molecule has 6 heteroatoms. The number of thioether (sulfide) groups is 1. The Hall–Kier alpha value is -2.00. The van der Waals surface area contributed by atoms with Crippen LogP contribution in [0.3, 0.4) is 0 Å². The van der Waals surface area contributed by atoms with E-state index < -0.39 is 5.97 Å². The van der Waals surface area contributed by atoms with Gasteiger partial charge in [0.25, 0.3) is 0 Å². The third-order valence-electron chi connectivity index (χ3n) is 3.24. The molecule has 0 atom stereocenters. The number of aromatic carboxylic acids is 1. The highest BCUT2D eigenvalue weighted by atomic mass is 32.2. The Morgan fingerprint density at radius 2 is 2.25 bits per heavy atom. The number of nitrogens with zero attached hydrogens (tertiary/aromatic N) is 2. The number of amides is 1. The largest absolute Gasteiger partial charge is 0.478 e. The van der Waals surface area contributed by atoms with Gasteiger partial charge in [-0.3, -0.25) is 4.79 Å². The zero-order valence-corrected chi connectivity index (χ0v) is 11.7. The molecule has 0 unspecified atom stereocenters. The molecule has 1 aromatic carbocycles. The van der Waals surface area contributed by atoms with E-state index in [0.717, 1.165) is 11.1 Å². The van der Waals surface area contributed by atoms with E-state index in [4.69, 9.17) is 10.4 Å². The van der Waals surface area contributed by atoms with E-state index in [-0.39, 0.29) is 5.91 Å². The van der Waals surface area contributed by atoms with E-state index in [9.17, 15) is 9.59 Å². The van der Waals surface area contributed by atoms with Gasteiger partial charge in [-0.2, -0.15) is 5.26 Å². The van der Waals surface area contributed by atoms with Crippen LogP contribution in [0.25, 0.3) is 0 Å². The molecule has 1 amide bonds. The lowest BCUT2D eigenvalue weighted by molar-refractivity contribution is -0.129. The Bertz CT molecular complexity index is 580. The van der Waals surface area contributed by atoms with Crippen LogP contribution in [0.5, 0.6) is 0 Å². The first kappa shape index (κ1) is 14.4. The monoisotopic (exact) mass is 290 g/mol. The van der Waals surface area contributed by atoms with Crippen molar-refractivity contribution in [2.75, 3.05) is 18.1 Å². The maximum Gasteiger partial charge on any atom is 0.335 e. The van der Waals surface area contributed by atoms with Gasteiger partial charge in [-0.15, -0.1) is 11.8 Å². The lowest BCUT2D eigenvalue weighted by Gasteiger charge is -2.29. The molecule has 1 aliphatic rings. The predicted octanol–water partition coefficient (Wildman–Crippen LogP) is 1.53. The van der Waals surface area contributed by atoms with E-state index in [2.05, 4.69) is 0 Å². The Morgan fingerprint density at radius 3 is 2.95 bits per heavy atom. The van der Waals surface area contributed by atoms with Crippen LogP contribution in [-0.2, 0) is 17.8 Å². The molecule has 5 nitrogen and oxygen atoms in total. The molecule has 0 aromatic heterocycles. The fraction of sp³-hybridized carbons (Fsp3) is 0.357. The Kier molecular flexibility index (Phi) is 4.64. The summed E-state index contributed by atoms with van der Waals surface area (Å²) >= 11 is 1.30. The highest BCUT2D eigenvalue weighted by Crippen LogP contribution is 2.23. The summed E-state index contributed by atoms with van der Waals surface area (Å²) in [5.74, 6) is -0.330. The van der Waals surface area contributed by atoms with Crippen molar-refractivity contribution in [3.05, 3.63) is 34.9 Å². The minimum atomic E-state index is -0.925. The number of carbonyl (C=O) groups excluding carboxylic acids is 1. The number of carboxylic acids is 1. The van der Waals surface area contributed by atoms with Crippen LogP contribution >= 0.6 is 11.8 Å². The molecule has 1 aromatic rings. The SMILES string of the molecule is N#CCSCC(=O)N1CCc2c(cccc2C(=O)O)C1. The first-order valence-corrected chi connectivity index (χ1v) is 7.35. The second-order valence-electron chi connectivity index (χ2n) is 4.46. The van der Waals surface area contributed by atoms with Gasteiger partial charge in [0.2, 0.25) is 5.91 Å². The van der Waals surface area contributed by atoms with Crippen LogP contribution in [0, 0.1) is 11.3 Å². The molecule has 1 aliphatic heterocycles. The van der Waals surface area contributed by atoms with Gasteiger partial charge in [0, 0.05) is 13.1 Å².